The topological polar surface area (TPSA) is 129 Å². The number of rotatable bonds is 7. The second-order valence-corrected chi connectivity index (χ2v) is 9.97. The molecule has 2 aromatic carbocycles. The van der Waals surface area contributed by atoms with Crippen LogP contribution in [0.2, 0.25) is 10.0 Å². The molecule has 9 nitrogen and oxygen atoms in total. The Labute approximate surface area is 213 Å². The summed E-state index contributed by atoms with van der Waals surface area (Å²) in [5.41, 5.74) is 8.18. The van der Waals surface area contributed by atoms with Gasteiger partial charge in [-0.25, -0.2) is 4.98 Å². The number of halogens is 2. The molecule has 0 spiro atoms. The molecule has 11 heteroatoms. The Morgan fingerprint density at radius 1 is 1.26 bits per heavy atom. The van der Waals surface area contributed by atoms with Crippen LogP contribution in [0.1, 0.15) is 36.7 Å². The number of carbonyl (C=O) groups is 2. The number of nitrogens with zero attached hydrogens (tertiary/aromatic N) is 4. The van der Waals surface area contributed by atoms with Gasteiger partial charge in [0.2, 0.25) is 11.9 Å². The Balaban J connectivity index is 2.00. The molecule has 2 amide bonds. The SMILES string of the molecule is CN(CC#N)c1cc2c(cc1C(N)=O)nc(Nc1c(Cl)ccc(CNC(=O)C(C)(C)C)c1Cl)n2C. The average Bonchev–Trinajstić information content (AvgIpc) is 3.09. The first-order valence-electron chi connectivity index (χ1n) is 10.8. The number of benzene rings is 2. The smallest absolute Gasteiger partial charge is 0.250 e. The Morgan fingerprint density at radius 3 is 2.54 bits per heavy atom. The van der Waals surface area contributed by atoms with Crippen LogP contribution in [-0.2, 0) is 18.4 Å². The number of aromatic nitrogens is 2. The second kappa shape index (κ2) is 10.0. The van der Waals surface area contributed by atoms with Crippen LogP contribution in [0, 0.1) is 16.7 Å². The lowest BCUT2D eigenvalue weighted by atomic mass is 9.95. The summed E-state index contributed by atoms with van der Waals surface area (Å²) < 4.78 is 1.78. The molecule has 3 rings (SSSR count). The lowest BCUT2D eigenvalue weighted by Gasteiger charge is -2.19. The highest BCUT2D eigenvalue weighted by molar-refractivity contribution is 6.39. The number of nitrogens with two attached hydrogens (primary N) is 1. The predicted octanol–water partition coefficient (Wildman–Crippen LogP) is 4.34. The minimum Gasteiger partial charge on any atom is -0.366 e. The van der Waals surface area contributed by atoms with E-state index in [1.807, 2.05) is 20.8 Å². The number of hydrogen-bond acceptors (Lipinski definition) is 6. The summed E-state index contributed by atoms with van der Waals surface area (Å²) in [4.78, 5) is 30.5. The molecule has 0 aliphatic rings. The van der Waals surface area contributed by atoms with Gasteiger partial charge >= 0.3 is 0 Å². The largest absolute Gasteiger partial charge is 0.366 e. The van der Waals surface area contributed by atoms with Crippen molar-refractivity contribution in [1.29, 1.82) is 5.26 Å². The van der Waals surface area contributed by atoms with E-state index in [0.29, 0.717) is 44.0 Å². The molecule has 1 heterocycles. The molecule has 184 valence electrons. The molecule has 0 fully saturated rings. The van der Waals surface area contributed by atoms with Gasteiger partial charge in [0.25, 0.3) is 5.91 Å². The third-order valence-corrected chi connectivity index (χ3v) is 6.26. The Morgan fingerprint density at radius 2 is 1.94 bits per heavy atom. The van der Waals surface area contributed by atoms with Gasteiger partial charge in [-0.3, -0.25) is 9.59 Å². The van der Waals surface area contributed by atoms with Crippen LogP contribution in [0.15, 0.2) is 24.3 Å². The van der Waals surface area contributed by atoms with E-state index in [4.69, 9.17) is 34.2 Å². The number of aryl methyl sites for hydroxylation is 1. The van der Waals surface area contributed by atoms with Crippen molar-refractivity contribution in [2.24, 2.45) is 18.2 Å². The molecule has 0 unspecified atom stereocenters. The van der Waals surface area contributed by atoms with Crippen LogP contribution >= 0.6 is 23.2 Å². The summed E-state index contributed by atoms with van der Waals surface area (Å²) in [5.74, 6) is -0.297. The van der Waals surface area contributed by atoms with Crippen molar-refractivity contribution >= 4 is 63.4 Å². The van der Waals surface area contributed by atoms with E-state index in [9.17, 15) is 9.59 Å². The molecule has 0 radical (unpaired) electrons. The lowest BCUT2D eigenvalue weighted by molar-refractivity contribution is -0.128. The fourth-order valence-electron chi connectivity index (χ4n) is 3.44. The zero-order valence-electron chi connectivity index (χ0n) is 20.2. The van der Waals surface area contributed by atoms with Crippen LogP contribution in [0.25, 0.3) is 11.0 Å². The predicted molar refractivity (Wildman–Crippen MR) is 139 cm³/mol. The van der Waals surface area contributed by atoms with Crippen molar-refractivity contribution in [2.75, 3.05) is 23.8 Å². The van der Waals surface area contributed by atoms with E-state index in [0.717, 1.165) is 0 Å². The Bertz CT molecular complexity index is 1350. The molecule has 0 saturated heterocycles. The highest BCUT2D eigenvalue weighted by atomic mass is 35.5. The standard InChI is InChI=1S/C24H27Cl2N7O2/c1-24(2,3)22(35)29-12-13-6-7-15(25)20(19(13)26)31-23-30-16-10-14(21(28)34)17(32(4)9-8-27)11-18(16)33(23)5/h6-7,10-11H,9,12H2,1-5H3,(H2,28,34)(H,29,35)(H,30,31). The minimum atomic E-state index is -0.622. The highest BCUT2D eigenvalue weighted by Crippen LogP contribution is 2.36. The first-order valence-corrected chi connectivity index (χ1v) is 11.5. The van der Waals surface area contributed by atoms with Crippen molar-refractivity contribution in [1.82, 2.24) is 14.9 Å². The number of carbonyl (C=O) groups excluding carboxylic acids is 2. The zero-order valence-corrected chi connectivity index (χ0v) is 21.7. The van der Waals surface area contributed by atoms with Crippen LogP contribution in [0.3, 0.4) is 0 Å². The van der Waals surface area contributed by atoms with Gasteiger partial charge in [0.15, 0.2) is 0 Å². The fourth-order valence-corrected chi connectivity index (χ4v) is 3.97. The monoisotopic (exact) mass is 515 g/mol. The van der Waals surface area contributed by atoms with E-state index in [1.54, 1.807) is 47.8 Å². The van der Waals surface area contributed by atoms with Gasteiger partial charge in [0, 0.05) is 26.1 Å². The number of hydrogen-bond donors (Lipinski definition) is 3. The molecule has 0 aliphatic carbocycles. The summed E-state index contributed by atoms with van der Waals surface area (Å²) in [6.45, 7) is 5.81. The van der Waals surface area contributed by atoms with Gasteiger partial charge in [-0.2, -0.15) is 5.26 Å². The van der Waals surface area contributed by atoms with Gasteiger partial charge in [0.05, 0.1) is 44.1 Å². The molecule has 0 aliphatic heterocycles. The third-order valence-electron chi connectivity index (χ3n) is 5.51. The second-order valence-electron chi connectivity index (χ2n) is 9.18. The first kappa shape index (κ1) is 26.1. The number of nitriles is 1. The number of imidazole rings is 1. The maximum Gasteiger partial charge on any atom is 0.250 e. The van der Waals surface area contributed by atoms with Crippen LogP contribution < -0.4 is 21.3 Å². The lowest BCUT2D eigenvalue weighted by Crippen LogP contribution is -2.34. The quantitative estimate of drug-likeness (QED) is 0.401. The molecule has 1 aromatic heterocycles. The van der Waals surface area contributed by atoms with Crippen LogP contribution in [0.5, 0.6) is 0 Å². The van der Waals surface area contributed by atoms with E-state index in [2.05, 4.69) is 21.7 Å². The van der Waals surface area contributed by atoms with Crippen LogP contribution in [-0.4, -0.2) is 35.0 Å². The van der Waals surface area contributed by atoms with Crippen LogP contribution in [0.4, 0.5) is 17.3 Å². The van der Waals surface area contributed by atoms with Crippen molar-refractivity contribution in [3.05, 3.63) is 45.4 Å². The van der Waals surface area contributed by atoms with Crippen molar-refractivity contribution in [3.8, 4) is 6.07 Å². The third kappa shape index (κ3) is 5.45. The molecule has 3 aromatic rings. The normalized spacial score (nSPS) is 11.3. The summed E-state index contributed by atoms with van der Waals surface area (Å²) in [7, 11) is 3.50. The molecule has 0 bridgehead atoms. The molecule has 0 saturated carbocycles. The molecule has 4 N–H and O–H groups in total. The van der Waals surface area contributed by atoms with Gasteiger partial charge in [-0.15, -0.1) is 0 Å². The van der Waals surface area contributed by atoms with E-state index >= 15 is 0 Å². The zero-order chi connectivity index (χ0) is 26.1. The van der Waals surface area contributed by atoms with E-state index in [1.165, 1.54) is 0 Å². The summed E-state index contributed by atoms with van der Waals surface area (Å²) in [6, 6.07) is 8.85. The number of amides is 2. The molecule has 35 heavy (non-hydrogen) atoms. The number of anilines is 3. The Hall–Kier alpha value is -3.48. The summed E-state index contributed by atoms with van der Waals surface area (Å²) >= 11 is 13.1. The van der Waals surface area contributed by atoms with Gasteiger partial charge in [-0.1, -0.05) is 50.0 Å². The number of primary amides is 1. The van der Waals surface area contributed by atoms with Gasteiger partial charge in [-0.05, 0) is 23.8 Å². The number of fused-ring (bicyclic) bond motifs is 1. The number of nitrogens with one attached hydrogen (secondary N) is 2. The van der Waals surface area contributed by atoms with E-state index < -0.39 is 11.3 Å². The van der Waals surface area contributed by atoms with Crippen molar-refractivity contribution in [2.45, 2.75) is 27.3 Å². The fraction of sp³-hybridized carbons (Fsp3) is 0.333. The maximum absolute atomic E-state index is 12.3. The minimum absolute atomic E-state index is 0.0819. The summed E-state index contributed by atoms with van der Waals surface area (Å²) in [6.07, 6.45) is 0. The maximum atomic E-state index is 12.3. The average molecular weight is 516 g/mol. The summed E-state index contributed by atoms with van der Waals surface area (Å²) in [5, 5.41) is 15.8. The molecular formula is C24H27Cl2N7O2. The van der Waals surface area contributed by atoms with E-state index in [-0.39, 0.29) is 24.6 Å². The van der Waals surface area contributed by atoms with Crippen molar-refractivity contribution in [3.63, 3.8) is 0 Å². The van der Waals surface area contributed by atoms with Gasteiger partial charge < -0.3 is 25.8 Å². The highest BCUT2D eigenvalue weighted by Gasteiger charge is 2.22. The van der Waals surface area contributed by atoms with Gasteiger partial charge in [0.1, 0.15) is 6.54 Å². The molecule has 0 atom stereocenters. The molecular weight excluding hydrogens is 489 g/mol. The first-order chi connectivity index (χ1) is 16.3. The van der Waals surface area contributed by atoms with Crippen molar-refractivity contribution < 1.29 is 9.59 Å². The Kier molecular flexibility index (Phi) is 7.48.